The number of nitrogens with zero attached hydrogens (tertiary/aromatic N) is 1. The van der Waals surface area contributed by atoms with E-state index in [4.69, 9.17) is 4.98 Å². The molecule has 3 heteroatoms. The Kier molecular flexibility index (Phi) is 3.12. The van der Waals surface area contributed by atoms with Crippen molar-refractivity contribution in [1.82, 2.24) is 10.3 Å². The molecule has 0 aliphatic heterocycles. The summed E-state index contributed by atoms with van der Waals surface area (Å²) in [5, 5.41) is 4.61. The van der Waals surface area contributed by atoms with Gasteiger partial charge >= 0.3 is 0 Å². The number of aromatic nitrogens is 1. The fraction of sp³-hybridized carbons (Fsp3) is 0.750. The Hall–Kier alpha value is -0.410. The maximum atomic E-state index is 4.83. The van der Waals surface area contributed by atoms with Crippen LogP contribution in [0, 0.1) is 0 Å². The first-order valence-corrected chi connectivity index (χ1v) is 6.65. The van der Waals surface area contributed by atoms with Gasteiger partial charge in [-0.3, -0.25) is 0 Å². The van der Waals surface area contributed by atoms with Crippen molar-refractivity contribution in [2.75, 3.05) is 7.05 Å². The van der Waals surface area contributed by atoms with E-state index < -0.39 is 0 Å². The lowest BCUT2D eigenvalue weighted by Gasteiger charge is -2.00. The molecule has 1 aliphatic carbocycles. The van der Waals surface area contributed by atoms with Crippen molar-refractivity contribution in [3.05, 3.63) is 15.6 Å². The molecule has 1 aromatic rings. The highest BCUT2D eigenvalue weighted by molar-refractivity contribution is 7.12. The standard InChI is InChI=1S/C12H20N2S/c1-4-5-9-10(8-13-3)15-11(14-9)12(2)6-7-12/h13H,4-8H2,1-3H3. The summed E-state index contributed by atoms with van der Waals surface area (Å²) in [5.74, 6) is 0. The Balaban J connectivity index is 2.23. The quantitative estimate of drug-likeness (QED) is 0.832. The molecule has 0 aromatic carbocycles. The monoisotopic (exact) mass is 224 g/mol. The molecule has 1 fully saturated rings. The molecule has 1 N–H and O–H groups in total. The predicted molar refractivity (Wildman–Crippen MR) is 65.5 cm³/mol. The van der Waals surface area contributed by atoms with E-state index in [1.807, 2.05) is 18.4 Å². The summed E-state index contributed by atoms with van der Waals surface area (Å²) in [7, 11) is 2.01. The lowest BCUT2D eigenvalue weighted by atomic mass is 10.1. The molecule has 0 saturated heterocycles. The van der Waals surface area contributed by atoms with Gasteiger partial charge in [0.1, 0.15) is 0 Å². The average molecular weight is 224 g/mol. The van der Waals surface area contributed by atoms with Gasteiger partial charge in [-0.15, -0.1) is 11.3 Å². The van der Waals surface area contributed by atoms with Crippen LogP contribution in [-0.4, -0.2) is 12.0 Å². The SMILES string of the molecule is CCCc1nc(C2(C)CC2)sc1CNC. The van der Waals surface area contributed by atoms with Crippen LogP contribution in [-0.2, 0) is 18.4 Å². The molecular formula is C12H20N2S. The van der Waals surface area contributed by atoms with Crippen molar-refractivity contribution in [2.24, 2.45) is 0 Å². The first-order chi connectivity index (χ1) is 7.19. The summed E-state index contributed by atoms with van der Waals surface area (Å²) in [6, 6.07) is 0. The highest BCUT2D eigenvalue weighted by Crippen LogP contribution is 2.49. The molecule has 84 valence electrons. The molecular weight excluding hydrogens is 204 g/mol. The van der Waals surface area contributed by atoms with Crippen LogP contribution < -0.4 is 5.32 Å². The van der Waals surface area contributed by atoms with Gasteiger partial charge in [0.2, 0.25) is 0 Å². The second-order valence-corrected chi connectivity index (χ2v) is 5.81. The Labute approximate surface area is 96.1 Å². The van der Waals surface area contributed by atoms with Crippen LogP contribution in [0.3, 0.4) is 0 Å². The van der Waals surface area contributed by atoms with E-state index in [0.29, 0.717) is 5.41 Å². The van der Waals surface area contributed by atoms with Crippen molar-refractivity contribution in [1.29, 1.82) is 0 Å². The molecule has 1 aromatic heterocycles. The molecule has 1 saturated carbocycles. The molecule has 1 aliphatic rings. The molecule has 0 amide bonds. The van der Waals surface area contributed by atoms with Crippen molar-refractivity contribution in [3.8, 4) is 0 Å². The lowest BCUT2D eigenvalue weighted by Crippen LogP contribution is -2.05. The maximum Gasteiger partial charge on any atom is 0.0990 e. The normalized spacial score (nSPS) is 18.1. The summed E-state index contributed by atoms with van der Waals surface area (Å²) in [5.41, 5.74) is 1.76. The number of thiazole rings is 1. The van der Waals surface area contributed by atoms with E-state index in [1.54, 1.807) is 0 Å². The Morgan fingerprint density at radius 3 is 2.73 bits per heavy atom. The lowest BCUT2D eigenvalue weighted by molar-refractivity contribution is 0.755. The van der Waals surface area contributed by atoms with Crippen LogP contribution in [0.4, 0.5) is 0 Å². The van der Waals surface area contributed by atoms with Crippen LogP contribution in [0.1, 0.15) is 48.7 Å². The number of aryl methyl sites for hydroxylation is 1. The van der Waals surface area contributed by atoms with Gasteiger partial charge in [0.05, 0.1) is 10.7 Å². The molecule has 0 bridgehead atoms. The average Bonchev–Trinajstić information content (AvgIpc) is 2.82. The summed E-state index contributed by atoms with van der Waals surface area (Å²) < 4.78 is 0. The van der Waals surface area contributed by atoms with Gasteiger partial charge in [0.15, 0.2) is 0 Å². The fourth-order valence-corrected chi connectivity index (χ4v) is 3.10. The van der Waals surface area contributed by atoms with Crippen LogP contribution in [0.5, 0.6) is 0 Å². The van der Waals surface area contributed by atoms with Crippen LogP contribution in [0.15, 0.2) is 0 Å². The van der Waals surface area contributed by atoms with Gasteiger partial charge in [0, 0.05) is 16.8 Å². The molecule has 0 unspecified atom stereocenters. The van der Waals surface area contributed by atoms with E-state index in [-0.39, 0.29) is 0 Å². The van der Waals surface area contributed by atoms with E-state index in [9.17, 15) is 0 Å². The van der Waals surface area contributed by atoms with Crippen LogP contribution in [0.2, 0.25) is 0 Å². The van der Waals surface area contributed by atoms with Crippen LogP contribution in [0.25, 0.3) is 0 Å². The molecule has 1 heterocycles. The zero-order valence-corrected chi connectivity index (χ0v) is 10.7. The smallest absolute Gasteiger partial charge is 0.0990 e. The predicted octanol–water partition coefficient (Wildman–Crippen LogP) is 2.87. The molecule has 2 nitrogen and oxygen atoms in total. The Morgan fingerprint density at radius 2 is 2.20 bits per heavy atom. The highest BCUT2D eigenvalue weighted by atomic mass is 32.1. The third kappa shape index (κ3) is 2.23. The van der Waals surface area contributed by atoms with Gasteiger partial charge in [-0.1, -0.05) is 20.3 Å². The third-order valence-corrected chi connectivity index (χ3v) is 4.52. The van der Waals surface area contributed by atoms with Gasteiger partial charge in [-0.05, 0) is 26.3 Å². The van der Waals surface area contributed by atoms with E-state index in [1.165, 1.54) is 34.8 Å². The van der Waals surface area contributed by atoms with Crippen LogP contribution >= 0.6 is 11.3 Å². The minimum Gasteiger partial charge on any atom is -0.315 e. The fourth-order valence-electron chi connectivity index (χ4n) is 1.77. The zero-order valence-electron chi connectivity index (χ0n) is 9.89. The Bertz CT molecular complexity index is 316. The van der Waals surface area contributed by atoms with E-state index >= 15 is 0 Å². The highest BCUT2D eigenvalue weighted by Gasteiger charge is 2.42. The zero-order chi connectivity index (χ0) is 10.9. The number of hydrogen-bond acceptors (Lipinski definition) is 3. The number of hydrogen-bond donors (Lipinski definition) is 1. The molecule has 15 heavy (non-hydrogen) atoms. The van der Waals surface area contributed by atoms with E-state index in [0.717, 1.165) is 13.0 Å². The van der Waals surface area contributed by atoms with Gasteiger partial charge in [-0.25, -0.2) is 4.98 Å². The summed E-state index contributed by atoms with van der Waals surface area (Å²) in [4.78, 5) is 6.28. The van der Waals surface area contributed by atoms with Gasteiger partial charge in [-0.2, -0.15) is 0 Å². The Morgan fingerprint density at radius 1 is 1.47 bits per heavy atom. The van der Waals surface area contributed by atoms with Gasteiger partial charge < -0.3 is 5.32 Å². The molecule has 2 rings (SSSR count). The first-order valence-electron chi connectivity index (χ1n) is 5.83. The second kappa shape index (κ2) is 4.22. The van der Waals surface area contributed by atoms with Crippen molar-refractivity contribution in [2.45, 2.75) is 51.5 Å². The van der Waals surface area contributed by atoms with Crippen molar-refractivity contribution < 1.29 is 0 Å². The summed E-state index contributed by atoms with van der Waals surface area (Å²) in [6.07, 6.45) is 4.97. The van der Waals surface area contributed by atoms with Crippen molar-refractivity contribution >= 4 is 11.3 Å². The maximum absolute atomic E-state index is 4.83. The first kappa shape index (κ1) is 11.1. The molecule has 0 radical (unpaired) electrons. The minimum atomic E-state index is 0.430. The molecule has 0 spiro atoms. The largest absolute Gasteiger partial charge is 0.315 e. The topological polar surface area (TPSA) is 24.9 Å². The van der Waals surface area contributed by atoms with Gasteiger partial charge in [0.25, 0.3) is 0 Å². The summed E-state index contributed by atoms with van der Waals surface area (Å²) in [6.45, 7) is 5.54. The number of nitrogens with one attached hydrogen (secondary N) is 1. The minimum absolute atomic E-state index is 0.430. The van der Waals surface area contributed by atoms with Crippen molar-refractivity contribution in [3.63, 3.8) is 0 Å². The second-order valence-electron chi connectivity index (χ2n) is 4.73. The third-order valence-electron chi connectivity index (χ3n) is 3.12. The summed E-state index contributed by atoms with van der Waals surface area (Å²) >= 11 is 1.92. The number of rotatable bonds is 5. The molecule has 0 atom stereocenters. The van der Waals surface area contributed by atoms with E-state index in [2.05, 4.69) is 19.2 Å².